The van der Waals surface area contributed by atoms with Crippen molar-refractivity contribution in [2.45, 2.75) is 24.3 Å². The Kier molecular flexibility index (Phi) is 7.58. The lowest BCUT2D eigenvalue weighted by molar-refractivity contribution is -0.122. The molecule has 1 aliphatic heterocycles. The van der Waals surface area contributed by atoms with E-state index in [1.807, 2.05) is 44.4 Å². The average Bonchev–Trinajstić information content (AvgIpc) is 2.56. The second kappa shape index (κ2) is 8.92. The molecule has 1 saturated heterocycles. The SMILES string of the molecule is CSc1ccc(C(=O)C(C)(C)N2CCOCC2)cc1.O=CO. The Labute approximate surface area is 135 Å². The van der Waals surface area contributed by atoms with E-state index < -0.39 is 5.54 Å². The van der Waals surface area contributed by atoms with Gasteiger partial charge in [-0.05, 0) is 32.2 Å². The Morgan fingerprint density at radius 3 is 2.23 bits per heavy atom. The summed E-state index contributed by atoms with van der Waals surface area (Å²) in [5.41, 5.74) is 0.319. The average molecular weight is 325 g/mol. The number of rotatable bonds is 4. The first-order valence-corrected chi connectivity index (χ1v) is 8.29. The minimum absolute atomic E-state index is 0.182. The number of benzene rings is 1. The second-order valence-corrected chi connectivity index (χ2v) is 6.20. The number of carbonyl (C=O) groups is 2. The van der Waals surface area contributed by atoms with E-state index >= 15 is 0 Å². The fraction of sp³-hybridized carbons (Fsp3) is 0.500. The zero-order valence-corrected chi connectivity index (χ0v) is 14.1. The first-order chi connectivity index (χ1) is 10.5. The van der Waals surface area contributed by atoms with Crippen LogP contribution in [0.3, 0.4) is 0 Å². The van der Waals surface area contributed by atoms with Crippen molar-refractivity contribution in [3.05, 3.63) is 29.8 Å². The number of ether oxygens (including phenoxy) is 1. The Hall–Kier alpha value is -1.37. The van der Waals surface area contributed by atoms with Crippen molar-refractivity contribution in [1.29, 1.82) is 0 Å². The van der Waals surface area contributed by atoms with Gasteiger partial charge in [-0.1, -0.05) is 12.1 Å². The summed E-state index contributed by atoms with van der Waals surface area (Å²) in [5, 5.41) is 6.89. The van der Waals surface area contributed by atoms with Gasteiger partial charge in [-0.3, -0.25) is 14.5 Å². The smallest absolute Gasteiger partial charge is 0.290 e. The van der Waals surface area contributed by atoms with Gasteiger partial charge in [0.2, 0.25) is 0 Å². The summed E-state index contributed by atoms with van der Waals surface area (Å²) in [7, 11) is 0. The molecule has 0 atom stereocenters. The van der Waals surface area contributed by atoms with E-state index in [0.29, 0.717) is 13.2 Å². The zero-order chi connectivity index (χ0) is 16.6. The van der Waals surface area contributed by atoms with E-state index in [1.165, 1.54) is 4.90 Å². The first-order valence-electron chi connectivity index (χ1n) is 7.07. The van der Waals surface area contributed by atoms with Crippen LogP contribution in [0.5, 0.6) is 0 Å². The molecule has 1 heterocycles. The number of hydrogen-bond donors (Lipinski definition) is 1. The normalized spacial score (nSPS) is 15.6. The number of ketones is 1. The van der Waals surface area contributed by atoms with Crippen LogP contribution in [0, 0.1) is 0 Å². The number of thioether (sulfide) groups is 1. The molecule has 0 spiro atoms. The monoisotopic (exact) mass is 325 g/mol. The summed E-state index contributed by atoms with van der Waals surface area (Å²) >= 11 is 1.69. The molecule has 1 aromatic rings. The van der Waals surface area contributed by atoms with Crippen LogP contribution in [0.15, 0.2) is 29.2 Å². The highest BCUT2D eigenvalue weighted by Crippen LogP contribution is 2.23. The second-order valence-electron chi connectivity index (χ2n) is 5.32. The van der Waals surface area contributed by atoms with Gasteiger partial charge in [-0.25, -0.2) is 0 Å². The molecular formula is C16H23NO4S. The molecule has 1 N–H and O–H groups in total. The maximum Gasteiger partial charge on any atom is 0.290 e. The van der Waals surface area contributed by atoms with Gasteiger partial charge >= 0.3 is 0 Å². The molecule has 0 bridgehead atoms. The van der Waals surface area contributed by atoms with Gasteiger partial charge in [0.25, 0.3) is 6.47 Å². The van der Waals surface area contributed by atoms with E-state index in [2.05, 4.69) is 4.90 Å². The van der Waals surface area contributed by atoms with Gasteiger partial charge in [0, 0.05) is 23.5 Å². The molecule has 1 aromatic carbocycles. The number of carbonyl (C=O) groups excluding carboxylic acids is 1. The summed E-state index contributed by atoms with van der Waals surface area (Å²) in [5.74, 6) is 0.182. The van der Waals surface area contributed by atoms with Crippen LogP contribution in [0.4, 0.5) is 0 Å². The summed E-state index contributed by atoms with van der Waals surface area (Å²) in [6.07, 6.45) is 2.04. The van der Waals surface area contributed by atoms with E-state index in [0.717, 1.165) is 18.7 Å². The standard InChI is InChI=1S/C15H21NO2S.CH2O2/c1-15(2,16-8-10-18-11-9-16)14(17)12-4-6-13(19-3)7-5-12;2-1-3/h4-7H,8-11H2,1-3H3;1H,(H,2,3). The van der Waals surface area contributed by atoms with E-state index in [-0.39, 0.29) is 12.3 Å². The van der Waals surface area contributed by atoms with Crippen LogP contribution in [-0.2, 0) is 9.53 Å². The van der Waals surface area contributed by atoms with Gasteiger partial charge in [0.05, 0.1) is 18.8 Å². The largest absolute Gasteiger partial charge is 0.483 e. The first kappa shape index (κ1) is 18.7. The third-order valence-electron chi connectivity index (χ3n) is 3.71. The van der Waals surface area contributed by atoms with Gasteiger partial charge in [-0.2, -0.15) is 0 Å². The lowest BCUT2D eigenvalue weighted by atomic mass is 9.91. The summed E-state index contributed by atoms with van der Waals surface area (Å²) < 4.78 is 5.35. The molecule has 122 valence electrons. The Bertz CT molecular complexity index is 481. The molecule has 1 fully saturated rings. The molecule has 0 unspecified atom stereocenters. The maximum absolute atomic E-state index is 12.7. The van der Waals surface area contributed by atoms with Gasteiger partial charge in [-0.15, -0.1) is 11.8 Å². The van der Waals surface area contributed by atoms with E-state index in [4.69, 9.17) is 14.6 Å². The van der Waals surface area contributed by atoms with E-state index in [9.17, 15) is 4.79 Å². The number of carboxylic acid groups (broad SMARTS) is 1. The number of hydrogen-bond acceptors (Lipinski definition) is 5. The highest BCUT2D eigenvalue weighted by molar-refractivity contribution is 7.98. The predicted molar refractivity (Wildman–Crippen MR) is 87.7 cm³/mol. The van der Waals surface area contributed by atoms with Crippen LogP contribution in [0.1, 0.15) is 24.2 Å². The van der Waals surface area contributed by atoms with Crippen LogP contribution >= 0.6 is 11.8 Å². The maximum atomic E-state index is 12.7. The molecule has 22 heavy (non-hydrogen) atoms. The van der Waals surface area contributed by atoms with Crippen LogP contribution in [0.2, 0.25) is 0 Å². The van der Waals surface area contributed by atoms with Crippen LogP contribution < -0.4 is 0 Å². The quantitative estimate of drug-likeness (QED) is 0.521. The van der Waals surface area contributed by atoms with Crippen LogP contribution in [0.25, 0.3) is 0 Å². The minimum Gasteiger partial charge on any atom is -0.483 e. The van der Waals surface area contributed by atoms with Gasteiger partial charge in [0.15, 0.2) is 5.78 Å². The van der Waals surface area contributed by atoms with Crippen LogP contribution in [-0.4, -0.2) is 60.4 Å². The predicted octanol–water partition coefficient (Wildman–Crippen LogP) is 2.40. The molecule has 0 aliphatic carbocycles. The van der Waals surface area contributed by atoms with E-state index in [1.54, 1.807) is 11.8 Å². The van der Waals surface area contributed by atoms with Crippen molar-refractivity contribution in [2.24, 2.45) is 0 Å². The molecule has 0 aromatic heterocycles. The Morgan fingerprint density at radius 1 is 1.27 bits per heavy atom. The lowest BCUT2D eigenvalue weighted by Crippen LogP contribution is -2.54. The van der Waals surface area contributed by atoms with Gasteiger partial charge in [0.1, 0.15) is 0 Å². The van der Waals surface area contributed by atoms with Crippen molar-refractivity contribution in [1.82, 2.24) is 4.90 Å². The molecule has 0 saturated carbocycles. The number of morpholine rings is 1. The Morgan fingerprint density at radius 2 is 1.77 bits per heavy atom. The molecule has 1 aliphatic rings. The highest BCUT2D eigenvalue weighted by atomic mass is 32.2. The summed E-state index contributed by atoms with van der Waals surface area (Å²) in [6.45, 7) is 6.82. The van der Waals surface area contributed by atoms with Gasteiger partial charge < -0.3 is 9.84 Å². The topological polar surface area (TPSA) is 66.8 Å². The molecule has 6 heteroatoms. The van der Waals surface area contributed by atoms with Crippen molar-refractivity contribution in [3.63, 3.8) is 0 Å². The molecule has 5 nitrogen and oxygen atoms in total. The lowest BCUT2D eigenvalue weighted by Gasteiger charge is -2.39. The molecule has 2 rings (SSSR count). The van der Waals surface area contributed by atoms with Crippen molar-refractivity contribution >= 4 is 24.0 Å². The molecular weight excluding hydrogens is 302 g/mol. The fourth-order valence-corrected chi connectivity index (χ4v) is 2.77. The van der Waals surface area contributed by atoms with Crippen molar-refractivity contribution in [2.75, 3.05) is 32.6 Å². The Balaban J connectivity index is 0.000000745. The fourth-order valence-electron chi connectivity index (χ4n) is 2.36. The number of Topliss-reactive ketones (excluding diaryl/α,β-unsaturated/α-hetero) is 1. The van der Waals surface area contributed by atoms with Crippen molar-refractivity contribution < 1.29 is 19.4 Å². The third kappa shape index (κ3) is 4.83. The number of nitrogens with zero attached hydrogens (tertiary/aromatic N) is 1. The highest BCUT2D eigenvalue weighted by Gasteiger charge is 2.35. The zero-order valence-electron chi connectivity index (χ0n) is 13.2. The molecule has 0 amide bonds. The minimum atomic E-state index is -0.468. The molecule has 0 radical (unpaired) electrons. The summed E-state index contributed by atoms with van der Waals surface area (Å²) in [4.78, 5) is 24.4. The van der Waals surface area contributed by atoms with Crippen molar-refractivity contribution in [3.8, 4) is 0 Å². The third-order valence-corrected chi connectivity index (χ3v) is 4.45. The summed E-state index contributed by atoms with van der Waals surface area (Å²) in [6, 6.07) is 7.87.